The van der Waals surface area contributed by atoms with Crippen molar-refractivity contribution in [3.05, 3.63) is 46.4 Å². The van der Waals surface area contributed by atoms with Gasteiger partial charge in [-0.3, -0.25) is 19.3 Å². The van der Waals surface area contributed by atoms with Crippen molar-refractivity contribution in [2.24, 2.45) is 12.0 Å². The van der Waals surface area contributed by atoms with Gasteiger partial charge in [-0.2, -0.15) is 0 Å². The highest BCUT2D eigenvalue weighted by Gasteiger charge is 2.20. The third kappa shape index (κ3) is 2.97. The number of nitrogens with zero attached hydrogens (tertiary/aromatic N) is 3. The van der Waals surface area contributed by atoms with Crippen LogP contribution < -0.4 is 16.2 Å². The minimum atomic E-state index is -0.372. The zero-order valence-electron chi connectivity index (χ0n) is 13.9. The third-order valence-corrected chi connectivity index (χ3v) is 4.16. The molecule has 0 atom stereocenters. The maximum absolute atomic E-state index is 12.8. The van der Waals surface area contributed by atoms with Gasteiger partial charge in [0.25, 0.3) is 11.5 Å². The number of hydrogen-bond acceptors (Lipinski definition) is 4. The minimum Gasteiger partial charge on any atom is -0.366 e. The summed E-state index contributed by atoms with van der Waals surface area (Å²) in [6.07, 6.45) is 1.93. The van der Waals surface area contributed by atoms with E-state index in [1.165, 1.54) is 4.68 Å². The number of nitrogens with one attached hydrogen (secondary N) is 2. The molecule has 126 valence electrons. The lowest BCUT2D eigenvalue weighted by atomic mass is 10.3. The van der Waals surface area contributed by atoms with Crippen LogP contribution in [0.5, 0.6) is 0 Å². The second-order valence-corrected chi connectivity index (χ2v) is 5.75. The fraction of sp³-hybridized carbons (Fsp3) is 0.353. The maximum Gasteiger partial charge on any atom is 0.295 e. The van der Waals surface area contributed by atoms with Crippen LogP contribution in [-0.4, -0.2) is 34.2 Å². The fourth-order valence-electron chi connectivity index (χ4n) is 2.73. The first-order chi connectivity index (χ1) is 11.6. The topological polar surface area (TPSA) is 80.4 Å². The third-order valence-electron chi connectivity index (χ3n) is 4.16. The molecule has 2 N–H and O–H groups in total. The SMILES string of the molecule is Cc1c(NC(=O)C2=NCCCCN2)c(=O)n(-c2ccccc2)n1C. The van der Waals surface area contributed by atoms with Gasteiger partial charge in [-0.25, -0.2) is 4.68 Å². The van der Waals surface area contributed by atoms with Crippen LogP contribution in [0.25, 0.3) is 5.69 Å². The molecule has 7 heteroatoms. The van der Waals surface area contributed by atoms with Crippen molar-refractivity contribution in [1.82, 2.24) is 14.7 Å². The molecule has 1 aromatic carbocycles. The first-order valence-corrected chi connectivity index (χ1v) is 8.03. The number of amides is 1. The van der Waals surface area contributed by atoms with Crippen LogP contribution in [0, 0.1) is 6.92 Å². The molecule has 0 saturated heterocycles. The first kappa shape index (κ1) is 16.0. The molecule has 1 aliphatic heterocycles. The number of carbonyl (C=O) groups is 1. The lowest BCUT2D eigenvalue weighted by Gasteiger charge is -2.07. The van der Waals surface area contributed by atoms with Gasteiger partial charge in [-0.05, 0) is 31.9 Å². The molecule has 0 bridgehead atoms. The largest absolute Gasteiger partial charge is 0.366 e. The number of carbonyl (C=O) groups excluding carboxylic acids is 1. The maximum atomic E-state index is 12.8. The van der Waals surface area contributed by atoms with E-state index in [1.807, 2.05) is 30.3 Å². The van der Waals surface area contributed by atoms with Gasteiger partial charge in [0, 0.05) is 20.1 Å². The van der Waals surface area contributed by atoms with E-state index in [0.717, 1.165) is 18.5 Å². The Morgan fingerprint density at radius 2 is 2.00 bits per heavy atom. The Bertz CT molecular complexity index is 833. The smallest absolute Gasteiger partial charge is 0.295 e. The van der Waals surface area contributed by atoms with Crippen LogP contribution in [-0.2, 0) is 11.8 Å². The molecule has 1 aromatic heterocycles. The fourth-order valence-corrected chi connectivity index (χ4v) is 2.73. The van der Waals surface area contributed by atoms with E-state index in [-0.39, 0.29) is 17.2 Å². The molecule has 0 radical (unpaired) electrons. The average molecular weight is 327 g/mol. The number of hydrogen-bond donors (Lipinski definition) is 2. The van der Waals surface area contributed by atoms with Crippen LogP contribution in [0.2, 0.25) is 0 Å². The molecule has 0 fully saturated rings. The monoisotopic (exact) mass is 327 g/mol. The Hall–Kier alpha value is -2.83. The normalized spacial score (nSPS) is 14.5. The molecule has 0 unspecified atom stereocenters. The summed E-state index contributed by atoms with van der Waals surface area (Å²) in [5.74, 6) is -0.0793. The van der Waals surface area contributed by atoms with Crippen molar-refractivity contribution in [2.45, 2.75) is 19.8 Å². The summed E-state index contributed by atoms with van der Waals surface area (Å²) in [6, 6.07) is 9.33. The Labute approximate surface area is 140 Å². The molecule has 1 amide bonds. The predicted octanol–water partition coefficient (Wildman–Crippen LogP) is 1.20. The van der Waals surface area contributed by atoms with Gasteiger partial charge in [-0.1, -0.05) is 18.2 Å². The second-order valence-electron chi connectivity index (χ2n) is 5.75. The summed E-state index contributed by atoms with van der Waals surface area (Å²) >= 11 is 0. The standard InChI is InChI=1S/C17H21N5O2/c1-12-14(20-16(23)15-18-10-6-7-11-19-15)17(24)22(21(12)2)13-8-4-3-5-9-13/h3-5,8-9H,6-7,10-11H2,1-2H3,(H,18,19)(H,20,23). The van der Waals surface area contributed by atoms with E-state index in [2.05, 4.69) is 15.6 Å². The van der Waals surface area contributed by atoms with E-state index in [4.69, 9.17) is 0 Å². The summed E-state index contributed by atoms with van der Waals surface area (Å²) in [7, 11) is 1.79. The molecule has 0 aliphatic carbocycles. The Morgan fingerprint density at radius 3 is 2.75 bits per heavy atom. The quantitative estimate of drug-likeness (QED) is 0.889. The van der Waals surface area contributed by atoms with E-state index in [1.54, 1.807) is 18.7 Å². The number of benzene rings is 1. The summed E-state index contributed by atoms with van der Waals surface area (Å²) in [6.45, 7) is 3.14. The van der Waals surface area contributed by atoms with E-state index in [9.17, 15) is 9.59 Å². The number of rotatable bonds is 3. The van der Waals surface area contributed by atoms with Gasteiger partial charge in [0.15, 0.2) is 5.84 Å². The van der Waals surface area contributed by atoms with Gasteiger partial charge in [0.1, 0.15) is 5.69 Å². The zero-order valence-corrected chi connectivity index (χ0v) is 13.9. The molecule has 2 aromatic rings. The minimum absolute atomic E-state index is 0.260. The molecule has 1 aliphatic rings. The molecule has 2 heterocycles. The summed E-state index contributed by atoms with van der Waals surface area (Å²) < 4.78 is 3.27. The molecule has 24 heavy (non-hydrogen) atoms. The van der Waals surface area contributed by atoms with Crippen molar-refractivity contribution in [2.75, 3.05) is 18.4 Å². The Balaban J connectivity index is 1.93. The average Bonchev–Trinajstić information content (AvgIpc) is 2.82. The number of anilines is 1. The highest BCUT2D eigenvalue weighted by atomic mass is 16.2. The van der Waals surface area contributed by atoms with Crippen molar-refractivity contribution in [1.29, 1.82) is 0 Å². The van der Waals surface area contributed by atoms with Gasteiger partial charge in [0.2, 0.25) is 0 Å². The molecule has 0 saturated carbocycles. The van der Waals surface area contributed by atoms with Crippen LogP contribution >= 0.6 is 0 Å². The van der Waals surface area contributed by atoms with Crippen LogP contribution in [0.1, 0.15) is 18.5 Å². The summed E-state index contributed by atoms with van der Waals surface area (Å²) in [5.41, 5.74) is 1.45. The zero-order chi connectivity index (χ0) is 17.1. The highest BCUT2D eigenvalue weighted by molar-refractivity contribution is 6.42. The molecular formula is C17H21N5O2. The predicted molar refractivity (Wildman–Crippen MR) is 93.9 cm³/mol. The van der Waals surface area contributed by atoms with Crippen LogP contribution in [0.4, 0.5) is 5.69 Å². The summed E-state index contributed by atoms with van der Waals surface area (Å²) in [4.78, 5) is 29.4. The van der Waals surface area contributed by atoms with E-state index >= 15 is 0 Å². The van der Waals surface area contributed by atoms with Crippen LogP contribution in [0.3, 0.4) is 0 Å². The van der Waals surface area contributed by atoms with Crippen molar-refractivity contribution < 1.29 is 4.79 Å². The molecular weight excluding hydrogens is 306 g/mol. The van der Waals surface area contributed by atoms with Crippen molar-refractivity contribution >= 4 is 17.4 Å². The van der Waals surface area contributed by atoms with E-state index in [0.29, 0.717) is 24.6 Å². The Kier molecular flexibility index (Phi) is 4.50. The number of para-hydroxylation sites is 1. The van der Waals surface area contributed by atoms with Crippen molar-refractivity contribution in [3.8, 4) is 5.69 Å². The number of aromatic nitrogens is 2. The van der Waals surface area contributed by atoms with Gasteiger partial charge in [-0.15, -0.1) is 0 Å². The molecule has 7 nitrogen and oxygen atoms in total. The van der Waals surface area contributed by atoms with Gasteiger partial charge in [0.05, 0.1) is 11.4 Å². The second kappa shape index (κ2) is 6.74. The van der Waals surface area contributed by atoms with Gasteiger partial charge < -0.3 is 10.6 Å². The van der Waals surface area contributed by atoms with Gasteiger partial charge >= 0.3 is 0 Å². The molecule has 3 rings (SSSR count). The Morgan fingerprint density at radius 1 is 1.25 bits per heavy atom. The number of amidine groups is 1. The molecule has 0 spiro atoms. The highest BCUT2D eigenvalue weighted by Crippen LogP contribution is 2.14. The van der Waals surface area contributed by atoms with Crippen molar-refractivity contribution in [3.63, 3.8) is 0 Å². The number of aliphatic imine (C=N–C) groups is 1. The lowest BCUT2D eigenvalue weighted by Crippen LogP contribution is -2.36. The lowest BCUT2D eigenvalue weighted by molar-refractivity contribution is -0.110. The van der Waals surface area contributed by atoms with E-state index < -0.39 is 0 Å². The van der Waals surface area contributed by atoms with Crippen LogP contribution in [0.15, 0.2) is 40.1 Å². The first-order valence-electron chi connectivity index (χ1n) is 8.03. The summed E-state index contributed by atoms with van der Waals surface area (Å²) in [5, 5.41) is 5.74.